The zero-order valence-corrected chi connectivity index (χ0v) is 10.3. The summed E-state index contributed by atoms with van der Waals surface area (Å²) in [4.78, 5) is 11.3. The number of halogens is 1. The van der Waals surface area contributed by atoms with Crippen LogP contribution in [0.1, 0.15) is 10.4 Å². The number of benzene rings is 1. The molecule has 0 unspecified atom stereocenters. The molecule has 1 rings (SSSR count). The Kier molecular flexibility index (Phi) is 3.77. The van der Waals surface area contributed by atoms with Gasteiger partial charge in [-0.2, -0.15) is 0 Å². The number of nitrogens with one attached hydrogen (secondary N) is 2. The number of carbonyl (C=O) groups is 1. The van der Waals surface area contributed by atoms with Gasteiger partial charge in [0.15, 0.2) is 0 Å². The zero-order chi connectivity index (χ0) is 12.3. The first-order chi connectivity index (χ1) is 7.33. The van der Waals surface area contributed by atoms with E-state index in [1.165, 1.54) is 25.2 Å². The van der Waals surface area contributed by atoms with E-state index in [2.05, 4.69) is 10.0 Å². The van der Waals surface area contributed by atoms with Gasteiger partial charge < -0.3 is 5.32 Å². The first kappa shape index (κ1) is 12.8. The van der Waals surface area contributed by atoms with Crippen molar-refractivity contribution >= 4 is 33.2 Å². The van der Waals surface area contributed by atoms with E-state index in [9.17, 15) is 13.2 Å². The van der Waals surface area contributed by atoms with Crippen molar-refractivity contribution in [1.29, 1.82) is 0 Å². The van der Waals surface area contributed by atoms with E-state index in [1.54, 1.807) is 0 Å². The van der Waals surface area contributed by atoms with Gasteiger partial charge in [-0.3, -0.25) is 9.52 Å². The van der Waals surface area contributed by atoms with Crippen LogP contribution >= 0.6 is 11.6 Å². The van der Waals surface area contributed by atoms with Crippen LogP contribution < -0.4 is 10.0 Å². The highest BCUT2D eigenvalue weighted by Gasteiger charge is 2.10. The van der Waals surface area contributed by atoms with Gasteiger partial charge in [-0.1, -0.05) is 11.6 Å². The van der Waals surface area contributed by atoms with Crippen LogP contribution in [0.2, 0.25) is 5.02 Å². The lowest BCUT2D eigenvalue weighted by molar-refractivity contribution is 0.0963. The minimum atomic E-state index is -3.42. The fourth-order valence-electron chi connectivity index (χ4n) is 1.09. The summed E-state index contributed by atoms with van der Waals surface area (Å²) in [5.74, 6) is -0.312. The van der Waals surface area contributed by atoms with Gasteiger partial charge in [-0.25, -0.2) is 8.42 Å². The largest absolute Gasteiger partial charge is 0.355 e. The number of amides is 1. The van der Waals surface area contributed by atoms with E-state index < -0.39 is 10.0 Å². The average molecular weight is 263 g/mol. The molecular weight excluding hydrogens is 252 g/mol. The van der Waals surface area contributed by atoms with Crippen molar-refractivity contribution < 1.29 is 13.2 Å². The summed E-state index contributed by atoms with van der Waals surface area (Å²) in [5.41, 5.74) is 0.517. The molecule has 0 bridgehead atoms. The van der Waals surface area contributed by atoms with Crippen molar-refractivity contribution in [2.45, 2.75) is 0 Å². The van der Waals surface area contributed by atoms with Crippen molar-refractivity contribution in [3.05, 3.63) is 28.8 Å². The predicted molar refractivity (Wildman–Crippen MR) is 63.3 cm³/mol. The van der Waals surface area contributed by atoms with Crippen molar-refractivity contribution in [3.8, 4) is 0 Å². The fourth-order valence-corrected chi connectivity index (χ4v) is 1.88. The molecule has 0 aliphatic carbocycles. The highest BCUT2D eigenvalue weighted by Crippen LogP contribution is 2.23. The summed E-state index contributed by atoms with van der Waals surface area (Å²) >= 11 is 5.79. The topological polar surface area (TPSA) is 75.3 Å². The van der Waals surface area contributed by atoms with E-state index in [0.29, 0.717) is 5.56 Å². The average Bonchev–Trinajstić information content (AvgIpc) is 2.18. The van der Waals surface area contributed by atoms with Crippen molar-refractivity contribution in [2.24, 2.45) is 0 Å². The summed E-state index contributed by atoms with van der Waals surface area (Å²) < 4.78 is 24.3. The zero-order valence-electron chi connectivity index (χ0n) is 8.74. The molecule has 0 saturated carbocycles. The van der Waals surface area contributed by atoms with Crippen molar-refractivity contribution in [2.75, 3.05) is 18.0 Å². The summed E-state index contributed by atoms with van der Waals surface area (Å²) in [6.07, 6.45) is 1.01. The Labute approximate surface area is 98.9 Å². The highest BCUT2D eigenvalue weighted by molar-refractivity contribution is 7.92. The summed E-state index contributed by atoms with van der Waals surface area (Å²) in [5, 5.41) is 2.67. The SMILES string of the molecule is CNC(=O)c1ccc(Cl)c(NS(C)(=O)=O)c1. The second-order valence-corrected chi connectivity index (χ2v) is 5.30. The quantitative estimate of drug-likeness (QED) is 0.856. The third-order valence-corrected chi connectivity index (χ3v) is 2.67. The molecule has 0 aliphatic rings. The molecular formula is C9H11ClN2O3S. The molecule has 0 saturated heterocycles. The number of anilines is 1. The third-order valence-electron chi connectivity index (χ3n) is 1.75. The molecule has 5 nitrogen and oxygen atoms in total. The molecule has 0 aliphatic heterocycles. The first-order valence-electron chi connectivity index (χ1n) is 4.33. The van der Waals surface area contributed by atoms with E-state index in [-0.39, 0.29) is 16.6 Å². The summed E-state index contributed by atoms with van der Waals surface area (Å²) in [6, 6.07) is 4.34. The van der Waals surface area contributed by atoms with Crippen molar-refractivity contribution in [1.82, 2.24) is 5.32 Å². The normalized spacial score (nSPS) is 10.9. The fraction of sp³-hybridized carbons (Fsp3) is 0.222. The molecule has 0 heterocycles. The second kappa shape index (κ2) is 4.71. The molecule has 0 spiro atoms. The number of rotatable bonds is 3. The first-order valence-corrected chi connectivity index (χ1v) is 6.60. The standard InChI is InChI=1S/C9H11ClN2O3S/c1-11-9(13)6-3-4-7(10)8(5-6)12-16(2,14)15/h3-5,12H,1-2H3,(H,11,13). The smallest absolute Gasteiger partial charge is 0.251 e. The Morgan fingerprint density at radius 3 is 2.50 bits per heavy atom. The Balaban J connectivity index is 3.14. The van der Waals surface area contributed by atoms with Crippen LogP contribution in [0, 0.1) is 0 Å². The maximum atomic E-state index is 11.3. The third kappa shape index (κ3) is 3.39. The number of hydrogen-bond acceptors (Lipinski definition) is 3. The van der Waals surface area contributed by atoms with Gasteiger partial charge in [0.1, 0.15) is 0 Å². The van der Waals surface area contributed by atoms with Gasteiger partial charge in [0.2, 0.25) is 10.0 Å². The van der Waals surface area contributed by atoms with Crippen LogP contribution in [-0.4, -0.2) is 27.6 Å². The molecule has 1 amide bonds. The molecule has 1 aromatic carbocycles. The van der Waals surface area contributed by atoms with Crippen LogP contribution in [0.15, 0.2) is 18.2 Å². The molecule has 7 heteroatoms. The highest BCUT2D eigenvalue weighted by atomic mass is 35.5. The van der Waals surface area contributed by atoms with Crippen LogP contribution in [0.25, 0.3) is 0 Å². The number of hydrogen-bond donors (Lipinski definition) is 2. The van der Waals surface area contributed by atoms with Crippen molar-refractivity contribution in [3.63, 3.8) is 0 Å². The Bertz CT molecular complexity index is 513. The molecule has 2 N–H and O–H groups in total. The lowest BCUT2D eigenvalue weighted by Gasteiger charge is -2.08. The molecule has 0 radical (unpaired) electrons. The molecule has 0 aromatic heterocycles. The van der Waals surface area contributed by atoms with E-state index in [0.717, 1.165) is 6.26 Å². The minimum absolute atomic E-state index is 0.185. The van der Waals surface area contributed by atoms with E-state index in [1.807, 2.05) is 0 Å². The van der Waals surface area contributed by atoms with Gasteiger partial charge >= 0.3 is 0 Å². The van der Waals surface area contributed by atoms with Crippen LogP contribution in [-0.2, 0) is 10.0 Å². The van der Waals surface area contributed by atoms with E-state index >= 15 is 0 Å². The Hall–Kier alpha value is -1.27. The maximum absolute atomic E-state index is 11.3. The summed E-state index contributed by atoms with van der Waals surface area (Å²) in [7, 11) is -1.93. The Morgan fingerprint density at radius 2 is 2.00 bits per heavy atom. The van der Waals surface area contributed by atoms with Crippen LogP contribution in [0.3, 0.4) is 0 Å². The maximum Gasteiger partial charge on any atom is 0.251 e. The molecule has 1 aromatic rings. The van der Waals surface area contributed by atoms with Gasteiger partial charge in [-0.05, 0) is 18.2 Å². The van der Waals surface area contributed by atoms with E-state index in [4.69, 9.17) is 11.6 Å². The van der Waals surface area contributed by atoms with Crippen LogP contribution in [0.5, 0.6) is 0 Å². The number of sulfonamides is 1. The van der Waals surface area contributed by atoms with Gasteiger partial charge in [-0.15, -0.1) is 0 Å². The molecule has 16 heavy (non-hydrogen) atoms. The molecule has 0 fully saturated rings. The lowest BCUT2D eigenvalue weighted by atomic mass is 10.2. The molecule has 0 atom stereocenters. The van der Waals surface area contributed by atoms with Gasteiger partial charge in [0.25, 0.3) is 5.91 Å². The molecule has 88 valence electrons. The number of carbonyl (C=O) groups excluding carboxylic acids is 1. The lowest BCUT2D eigenvalue weighted by Crippen LogP contribution is -2.18. The van der Waals surface area contributed by atoms with Gasteiger partial charge in [0.05, 0.1) is 17.0 Å². The predicted octanol–water partition coefficient (Wildman–Crippen LogP) is 1.07. The Morgan fingerprint density at radius 1 is 1.38 bits per heavy atom. The second-order valence-electron chi connectivity index (χ2n) is 3.15. The van der Waals surface area contributed by atoms with Crippen LogP contribution in [0.4, 0.5) is 5.69 Å². The van der Waals surface area contributed by atoms with Gasteiger partial charge in [0, 0.05) is 12.6 Å². The minimum Gasteiger partial charge on any atom is -0.355 e. The summed E-state index contributed by atoms with van der Waals surface area (Å²) in [6.45, 7) is 0. The monoisotopic (exact) mass is 262 g/mol.